The Morgan fingerprint density at radius 2 is 1.94 bits per heavy atom. The Balaban J connectivity index is 1.66. The van der Waals surface area contributed by atoms with Gasteiger partial charge in [0.2, 0.25) is 11.8 Å². The number of nitrogens with zero attached hydrogens (tertiary/aromatic N) is 1. The lowest BCUT2D eigenvalue weighted by atomic mass is 10.1. The molecule has 1 aromatic carbocycles. The van der Waals surface area contributed by atoms with Crippen molar-refractivity contribution in [3.05, 3.63) is 35.9 Å². The molecule has 1 aliphatic rings. The minimum Gasteiger partial charge on any atom is -0.283 e. The molecule has 0 aromatic heterocycles. The van der Waals surface area contributed by atoms with Crippen LogP contribution in [0.3, 0.4) is 0 Å². The van der Waals surface area contributed by atoms with Crippen LogP contribution in [0.15, 0.2) is 30.3 Å². The second-order valence-electron chi connectivity index (χ2n) is 4.74. The van der Waals surface area contributed by atoms with Crippen molar-refractivity contribution in [3.63, 3.8) is 0 Å². The van der Waals surface area contributed by atoms with Gasteiger partial charge in [0.05, 0.1) is 0 Å². The van der Waals surface area contributed by atoms with Crippen LogP contribution in [0.5, 0.6) is 0 Å². The van der Waals surface area contributed by atoms with E-state index in [1.54, 1.807) is 0 Å². The molecule has 0 aliphatic carbocycles. The van der Waals surface area contributed by atoms with E-state index in [-0.39, 0.29) is 11.8 Å². The van der Waals surface area contributed by atoms with E-state index >= 15 is 0 Å². The van der Waals surface area contributed by atoms with Gasteiger partial charge in [0.15, 0.2) is 0 Å². The molecular weight excluding hydrogens is 226 g/mol. The summed E-state index contributed by atoms with van der Waals surface area (Å²) in [7, 11) is 0. The number of carbonyl (C=O) groups is 2. The second-order valence-corrected chi connectivity index (χ2v) is 4.74. The second kappa shape index (κ2) is 6.34. The lowest BCUT2D eigenvalue weighted by Gasteiger charge is -2.12. The molecule has 2 rings (SSSR count). The molecule has 1 fully saturated rings. The Hall–Kier alpha value is -1.64. The van der Waals surface area contributed by atoms with Gasteiger partial charge in [-0.15, -0.1) is 0 Å². The zero-order valence-electron chi connectivity index (χ0n) is 10.6. The Labute approximate surface area is 108 Å². The van der Waals surface area contributed by atoms with Crippen LogP contribution >= 0.6 is 0 Å². The SMILES string of the molecule is O=C(CCCCc1ccccc1)N1CCCC1=O. The van der Waals surface area contributed by atoms with Crippen molar-refractivity contribution in [1.82, 2.24) is 4.90 Å². The highest BCUT2D eigenvalue weighted by Gasteiger charge is 2.25. The molecule has 1 aliphatic heterocycles. The normalized spacial score (nSPS) is 15.1. The Morgan fingerprint density at radius 1 is 1.17 bits per heavy atom. The summed E-state index contributed by atoms with van der Waals surface area (Å²) in [5.74, 6) is 0.00798. The summed E-state index contributed by atoms with van der Waals surface area (Å²) in [6, 6.07) is 10.3. The standard InChI is InChI=1S/C15H19NO2/c17-14(16-12-6-11-15(16)18)10-5-4-9-13-7-2-1-3-8-13/h1-3,7-8H,4-6,9-12H2. The van der Waals surface area contributed by atoms with Crippen LogP contribution < -0.4 is 0 Å². The Morgan fingerprint density at radius 3 is 2.61 bits per heavy atom. The molecule has 0 radical (unpaired) electrons. The van der Waals surface area contributed by atoms with Crippen molar-refractivity contribution in [2.45, 2.75) is 38.5 Å². The maximum absolute atomic E-state index is 11.8. The molecule has 3 heteroatoms. The summed E-state index contributed by atoms with van der Waals surface area (Å²) >= 11 is 0. The first-order chi connectivity index (χ1) is 8.77. The number of likely N-dealkylation sites (tertiary alicyclic amines) is 1. The molecule has 18 heavy (non-hydrogen) atoms. The molecule has 2 amide bonds. The van der Waals surface area contributed by atoms with Crippen LogP contribution in [-0.4, -0.2) is 23.3 Å². The number of carbonyl (C=O) groups excluding carboxylic acids is 2. The lowest BCUT2D eigenvalue weighted by Crippen LogP contribution is -2.31. The first-order valence-electron chi connectivity index (χ1n) is 6.64. The molecule has 3 nitrogen and oxygen atoms in total. The van der Waals surface area contributed by atoms with Crippen LogP contribution in [-0.2, 0) is 16.0 Å². The summed E-state index contributed by atoms with van der Waals surface area (Å²) in [5.41, 5.74) is 1.31. The van der Waals surface area contributed by atoms with Gasteiger partial charge in [-0.05, 0) is 31.2 Å². The topological polar surface area (TPSA) is 37.4 Å². The van der Waals surface area contributed by atoms with Crippen LogP contribution in [0.25, 0.3) is 0 Å². The molecule has 0 unspecified atom stereocenters. The number of unbranched alkanes of at least 4 members (excludes halogenated alkanes) is 1. The summed E-state index contributed by atoms with van der Waals surface area (Å²) in [5, 5.41) is 0. The molecule has 0 bridgehead atoms. The highest BCUT2D eigenvalue weighted by atomic mass is 16.2. The molecule has 1 heterocycles. The van der Waals surface area contributed by atoms with E-state index in [1.165, 1.54) is 10.5 Å². The van der Waals surface area contributed by atoms with Crippen LogP contribution in [0.1, 0.15) is 37.7 Å². The van der Waals surface area contributed by atoms with Crippen LogP contribution in [0.4, 0.5) is 0 Å². The van der Waals surface area contributed by atoms with Crippen molar-refractivity contribution in [3.8, 4) is 0 Å². The number of hydrogen-bond donors (Lipinski definition) is 0. The predicted molar refractivity (Wildman–Crippen MR) is 70.0 cm³/mol. The third-order valence-electron chi connectivity index (χ3n) is 3.32. The monoisotopic (exact) mass is 245 g/mol. The van der Waals surface area contributed by atoms with E-state index in [2.05, 4.69) is 12.1 Å². The maximum Gasteiger partial charge on any atom is 0.229 e. The third kappa shape index (κ3) is 3.42. The van der Waals surface area contributed by atoms with Gasteiger partial charge in [-0.3, -0.25) is 14.5 Å². The van der Waals surface area contributed by atoms with Crippen molar-refractivity contribution in [2.75, 3.05) is 6.54 Å². The van der Waals surface area contributed by atoms with Gasteiger partial charge in [-0.25, -0.2) is 0 Å². The quantitative estimate of drug-likeness (QED) is 0.748. The van der Waals surface area contributed by atoms with Crippen molar-refractivity contribution in [1.29, 1.82) is 0 Å². The van der Waals surface area contributed by atoms with Crippen LogP contribution in [0, 0.1) is 0 Å². The summed E-state index contributed by atoms with van der Waals surface area (Å²) in [4.78, 5) is 24.6. The van der Waals surface area contributed by atoms with Crippen molar-refractivity contribution < 1.29 is 9.59 Å². The molecule has 1 saturated heterocycles. The molecule has 0 atom stereocenters. The first-order valence-corrected chi connectivity index (χ1v) is 6.64. The average Bonchev–Trinajstić information content (AvgIpc) is 2.82. The van der Waals surface area contributed by atoms with E-state index in [0.29, 0.717) is 19.4 Å². The van der Waals surface area contributed by atoms with Gasteiger partial charge < -0.3 is 0 Å². The fourth-order valence-corrected chi connectivity index (χ4v) is 2.30. The third-order valence-corrected chi connectivity index (χ3v) is 3.32. The summed E-state index contributed by atoms with van der Waals surface area (Å²) in [6.07, 6.45) is 4.72. The fourth-order valence-electron chi connectivity index (χ4n) is 2.30. The lowest BCUT2D eigenvalue weighted by molar-refractivity contribution is -0.141. The van der Waals surface area contributed by atoms with E-state index in [9.17, 15) is 9.59 Å². The van der Waals surface area contributed by atoms with Gasteiger partial charge in [0.1, 0.15) is 0 Å². The van der Waals surface area contributed by atoms with Crippen molar-refractivity contribution >= 4 is 11.8 Å². The zero-order valence-corrected chi connectivity index (χ0v) is 10.6. The zero-order chi connectivity index (χ0) is 12.8. The van der Waals surface area contributed by atoms with Crippen molar-refractivity contribution in [2.24, 2.45) is 0 Å². The molecule has 1 aromatic rings. The largest absolute Gasteiger partial charge is 0.283 e. The van der Waals surface area contributed by atoms with E-state index in [0.717, 1.165) is 25.7 Å². The summed E-state index contributed by atoms with van der Waals surface area (Å²) in [6.45, 7) is 0.621. The minimum absolute atomic E-state index is 0.00283. The fraction of sp³-hybridized carbons (Fsp3) is 0.467. The Kier molecular flexibility index (Phi) is 4.51. The number of aryl methyl sites for hydroxylation is 1. The van der Waals surface area contributed by atoms with Gasteiger partial charge in [0.25, 0.3) is 0 Å². The highest BCUT2D eigenvalue weighted by molar-refractivity contribution is 5.96. The molecule has 0 spiro atoms. The number of hydrogen-bond acceptors (Lipinski definition) is 2. The van der Waals surface area contributed by atoms with Crippen LogP contribution in [0.2, 0.25) is 0 Å². The predicted octanol–water partition coefficient (Wildman–Crippen LogP) is 2.55. The van der Waals surface area contributed by atoms with Gasteiger partial charge >= 0.3 is 0 Å². The maximum atomic E-state index is 11.8. The van der Waals surface area contributed by atoms with Gasteiger partial charge in [-0.2, -0.15) is 0 Å². The highest BCUT2D eigenvalue weighted by Crippen LogP contribution is 2.13. The van der Waals surface area contributed by atoms with E-state index < -0.39 is 0 Å². The molecule has 96 valence electrons. The number of benzene rings is 1. The molecule has 0 saturated carbocycles. The number of amides is 2. The first kappa shape index (κ1) is 12.8. The number of imide groups is 1. The smallest absolute Gasteiger partial charge is 0.229 e. The molecule has 0 N–H and O–H groups in total. The minimum atomic E-state index is 0.00283. The van der Waals surface area contributed by atoms with Gasteiger partial charge in [-0.1, -0.05) is 30.3 Å². The van der Waals surface area contributed by atoms with Gasteiger partial charge in [0, 0.05) is 19.4 Å². The van der Waals surface area contributed by atoms with E-state index in [1.807, 2.05) is 18.2 Å². The number of rotatable bonds is 5. The molecular formula is C15H19NO2. The average molecular weight is 245 g/mol. The Bertz CT molecular complexity index is 414. The summed E-state index contributed by atoms with van der Waals surface area (Å²) < 4.78 is 0. The van der Waals surface area contributed by atoms with E-state index in [4.69, 9.17) is 0 Å².